The molecule has 0 aromatic heterocycles. The van der Waals surface area contributed by atoms with Crippen LogP contribution < -0.4 is 5.32 Å². The first-order valence-corrected chi connectivity index (χ1v) is 4.47. The summed E-state index contributed by atoms with van der Waals surface area (Å²) in [5.74, 6) is 5.89. The molecule has 70 valence electrons. The zero-order valence-corrected chi connectivity index (χ0v) is 8.31. The molecule has 0 fully saturated rings. The first-order chi connectivity index (χ1) is 5.85. The van der Waals surface area contributed by atoms with Crippen LogP contribution in [0.3, 0.4) is 0 Å². The Morgan fingerprint density at radius 1 is 1.50 bits per heavy atom. The van der Waals surface area contributed by atoms with Gasteiger partial charge in [0.2, 0.25) is 0 Å². The second-order valence-corrected chi connectivity index (χ2v) is 2.69. The highest BCUT2D eigenvalue weighted by molar-refractivity contribution is 4.95. The Labute approximate surface area is 75.7 Å². The number of methoxy groups -OCH3 is 1. The van der Waals surface area contributed by atoms with E-state index in [0.29, 0.717) is 6.04 Å². The van der Waals surface area contributed by atoms with E-state index in [-0.39, 0.29) is 0 Å². The highest BCUT2D eigenvalue weighted by Crippen LogP contribution is 1.90. The lowest BCUT2D eigenvalue weighted by Gasteiger charge is -2.14. The summed E-state index contributed by atoms with van der Waals surface area (Å²) < 4.78 is 5.05. The molecule has 0 heterocycles. The summed E-state index contributed by atoms with van der Waals surface area (Å²) in [7, 11) is 1.73. The third-order valence-electron chi connectivity index (χ3n) is 1.72. The molecular formula is C10H19NO. The fraction of sp³-hybridized carbons (Fsp3) is 0.800. The van der Waals surface area contributed by atoms with Crippen molar-refractivity contribution < 1.29 is 4.74 Å². The van der Waals surface area contributed by atoms with Gasteiger partial charge >= 0.3 is 0 Å². The Morgan fingerprint density at radius 2 is 2.25 bits per heavy atom. The van der Waals surface area contributed by atoms with Crippen LogP contribution in [0.1, 0.15) is 26.7 Å². The first kappa shape index (κ1) is 11.5. The van der Waals surface area contributed by atoms with E-state index < -0.39 is 0 Å². The molecular weight excluding hydrogens is 150 g/mol. The third-order valence-corrected chi connectivity index (χ3v) is 1.72. The van der Waals surface area contributed by atoms with Crippen molar-refractivity contribution in [3.8, 4) is 11.8 Å². The van der Waals surface area contributed by atoms with E-state index in [1.807, 2.05) is 6.92 Å². The Balaban J connectivity index is 3.35. The van der Waals surface area contributed by atoms with Crippen LogP contribution in [-0.4, -0.2) is 26.3 Å². The van der Waals surface area contributed by atoms with Crippen molar-refractivity contribution in [2.75, 3.05) is 20.3 Å². The largest absolute Gasteiger partial charge is 0.383 e. The summed E-state index contributed by atoms with van der Waals surface area (Å²) in [5, 5.41) is 3.38. The van der Waals surface area contributed by atoms with Crippen LogP contribution in [0.15, 0.2) is 0 Å². The van der Waals surface area contributed by atoms with Crippen molar-refractivity contribution in [2.45, 2.75) is 32.7 Å². The van der Waals surface area contributed by atoms with Crippen molar-refractivity contribution in [1.29, 1.82) is 0 Å². The van der Waals surface area contributed by atoms with Crippen LogP contribution in [0.5, 0.6) is 0 Å². The van der Waals surface area contributed by atoms with E-state index in [0.717, 1.165) is 26.0 Å². The minimum Gasteiger partial charge on any atom is -0.383 e. The molecule has 0 aromatic rings. The van der Waals surface area contributed by atoms with Crippen LogP contribution in [0.4, 0.5) is 0 Å². The Kier molecular flexibility index (Phi) is 8.20. The maximum atomic E-state index is 5.05. The lowest BCUT2D eigenvalue weighted by atomic mass is 10.2. The molecule has 0 aromatic carbocycles. The van der Waals surface area contributed by atoms with Crippen LogP contribution in [0.25, 0.3) is 0 Å². The molecule has 0 spiro atoms. The molecule has 0 aliphatic carbocycles. The van der Waals surface area contributed by atoms with Crippen molar-refractivity contribution >= 4 is 0 Å². The number of hydrogen-bond acceptors (Lipinski definition) is 2. The van der Waals surface area contributed by atoms with Crippen molar-refractivity contribution in [3.63, 3.8) is 0 Å². The molecule has 1 N–H and O–H groups in total. The van der Waals surface area contributed by atoms with Gasteiger partial charge in [-0.2, -0.15) is 0 Å². The summed E-state index contributed by atoms with van der Waals surface area (Å²) >= 11 is 0. The lowest BCUT2D eigenvalue weighted by Crippen LogP contribution is -2.33. The fourth-order valence-electron chi connectivity index (χ4n) is 0.986. The average molecular weight is 169 g/mol. The maximum Gasteiger partial charge on any atom is 0.0615 e. The number of hydrogen-bond donors (Lipinski definition) is 1. The van der Waals surface area contributed by atoms with E-state index in [9.17, 15) is 0 Å². The van der Waals surface area contributed by atoms with E-state index in [4.69, 9.17) is 4.74 Å². The van der Waals surface area contributed by atoms with Gasteiger partial charge < -0.3 is 10.1 Å². The third kappa shape index (κ3) is 6.21. The SMILES string of the molecule is CC#CCCNC(CC)COC. The topological polar surface area (TPSA) is 21.3 Å². The predicted octanol–water partition coefficient (Wildman–Crippen LogP) is 1.41. The summed E-state index contributed by atoms with van der Waals surface area (Å²) in [4.78, 5) is 0. The van der Waals surface area contributed by atoms with Gasteiger partial charge in [0.05, 0.1) is 6.61 Å². The normalized spacial score (nSPS) is 11.9. The molecule has 2 nitrogen and oxygen atoms in total. The van der Waals surface area contributed by atoms with Crippen molar-refractivity contribution in [1.82, 2.24) is 5.32 Å². The maximum absolute atomic E-state index is 5.05. The lowest BCUT2D eigenvalue weighted by molar-refractivity contribution is 0.165. The van der Waals surface area contributed by atoms with Gasteiger partial charge in [0.15, 0.2) is 0 Å². The number of rotatable bonds is 6. The molecule has 0 aliphatic rings. The summed E-state index contributed by atoms with van der Waals surface area (Å²) in [5.41, 5.74) is 0. The summed E-state index contributed by atoms with van der Waals surface area (Å²) in [6.45, 7) is 5.77. The summed E-state index contributed by atoms with van der Waals surface area (Å²) in [6.07, 6.45) is 2.03. The fourth-order valence-corrected chi connectivity index (χ4v) is 0.986. The van der Waals surface area contributed by atoms with Crippen LogP contribution in [0.2, 0.25) is 0 Å². The second kappa shape index (κ2) is 8.58. The zero-order valence-electron chi connectivity index (χ0n) is 8.31. The standard InChI is InChI=1S/C10H19NO/c1-4-6-7-8-11-10(5-2)9-12-3/h10-11H,5,7-9H2,1-3H3. The molecule has 1 unspecified atom stereocenters. The molecule has 0 saturated carbocycles. The second-order valence-electron chi connectivity index (χ2n) is 2.69. The predicted molar refractivity (Wildman–Crippen MR) is 52.0 cm³/mol. The van der Waals surface area contributed by atoms with Crippen molar-refractivity contribution in [2.24, 2.45) is 0 Å². The van der Waals surface area contributed by atoms with Gasteiger partial charge in [0.25, 0.3) is 0 Å². The van der Waals surface area contributed by atoms with Gasteiger partial charge in [-0.05, 0) is 13.3 Å². The molecule has 0 saturated heterocycles. The average Bonchev–Trinajstić information content (AvgIpc) is 2.10. The van der Waals surface area contributed by atoms with E-state index in [1.165, 1.54) is 0 Å². The van der Waals surface area contributed by atoms with Crippen LogP contribution in [-0.2, 0) is 4.74 Å². The quantitative estimate of drug-likeness (QED) is 0.479. The molecule has 0 amide bonds. The Morgan fingerprint density at radius 3 is 2.75 bits per heavy atom. The molecule has 0 rings (SSSR count). The van der Waals surface area contributed by atoms with Gasteiger partial charge in [0, 0.05) is 26.1 Å². The van der Waals surface area contributed by atoms with Gasteiger partial charge in [-0.3, -0.25) is 0 Å². The molecule has 0 radical (unpaired) electrons. The minimum absolute atomic E-state index is 0.480. The van der Waals surface area contributed by atoms with E-state index >= 15 is 0 Å². The van der Waals surface area contributed by atoms with Crippen LogP contribution in [0, 0.1) is 11.8 Å². The van der Waals surface area contributed by atoms with Crippen molar-refractivity contribution in [3.05, 3.63) is 0 Å². The van der Waals surface area contributed by atoms with Gasteiger partial charge in [-0.1, -0.05) is 6.92 Å². The molecule has 2 heteroatoms. The number of nitrogens with one attached hydrogen (secondary N) is 1. The monoisotopic (exact) mass is 169 g/mol. The summed E-state index contributed by atoms with van der Waals surface area (Å²) in [6, 6.07) is 0.480. The van der Waals surface area contributed by atoms with E-state index in [2.05, 4.69) is 24.1 Å². The highest BCUT2D eigenvalue weighted by Gasteiger charge is 2.02. The molecule has 0 bridgehead atoms. The first-order valence-electron chi connectivity index (χ1n) is 4.47. The van der Waals surface area contributed by atoms with Gasteiger partial charge in [-0.25, -0.2) is 0 Å². The Bertz CT molecular complexity index is 146. The molecule has 0 aliphatic heterocycles. The highest BCUT2D eigenvalue weighted by atomic mass is 16.5. The van der Waals surface area contributed by atoms with Crippen LogP contribution >= 0.6 is 0 Å². The smallest absolute Gasteiger partial charge is 0.0615 e. The van der Waals surface area contributed by atoms with Gasteiger partial charge in [-0.15, -0.1) is 11.8 Å². The molecule has 1 atom stereocenters. The zero-order chi connectivity index (χ0) is 9.23. The van der Waals surface area contributed by atoms with Gasteiger partial charge in [0.1, 0.15) is 0 Å². The Hall–Kier alpha value is -0.520. The molecule has 12 heavy (non-hydrogen) atoms. The number of ether oxygens (including phenoxy) is 1. The van der Waals surface area contributed by atoms with E-state index in [1.54, 1.807) is 7.11 Å². The minimum atomic E-state index is 0.480.